The van der Waals surface area contributed by atoms with Crippen LogP contribution < -0.4 is 10.0 Å². The van der Waals surface area contributed by atoms with E-state index in [1.807, 2.05) is 6.92 Å². The van der Waals surface area contributed by atoms with Crippen LogP contribution in [0, 0.1) is 11.7 Å². The van der Waals surface area contributed by atoms with E-state index in [9.17, 15) is 22.4 Å². The summed E-state index contributed by atoms with van der Waals surface area (Å²) in [5.41, 5.74) is 1.28. The Morgan fingerprint density at radius 3 is 2.10 bits per heavy atom. The van der Waals surface area contributed by atoms with E-state index in [1.54, 1.807) is 12.1 Å². The van der Waals surface area contributed by atoms with Gasteiger partial charge in [-0.15, -0.1) is 0 Å². The number of Topliss-reactive ketones (excluding diaryl/α,β-unsaturated/α-hetero) is 1. The number of nitrogens with one attached hydrogen (secondary N) is 2. The highest BCUT2D eigenvalue weighted by atomic mass is 32.2. The monoisotopic (exact) mass is 446 g/mol. The van der Waals surface area contributed by atoms with Crippen LogP contribution in [0.4, 0.5) is 4.39 Å². The Morgan fingerprint density at radius 1 is 0.968 bits per heavy atom. The summed E-state index contributed by atoms with van der Waals surface area (Å²) < 4.78 is 41.0. The number of rotatable bonds is 7. The maximum Gasteiger partial charge on any atom is 0.240 e. The molecule has 6 nitrogen and oxygen atoms in total. The van der Waals surface area contributed by atoms with Crippen LogP contribution in [-0.2, 0) is 14.8 Å². The Balaban J connectivity index is 1.52. The predicted molar refractivity (Wildman–Crippen MR) is 115 cm³/mol. The number of carbonyl (C=O) groups excluding carboxylic acids is 2. The van der Waals surface area contributed by atoms with E-state index in [0.717, 1.165) is 5.56 Å². The predicted octanol–water partition coefficient (Wildman–Crippen LogP) is 3.74. The fourth-order valence-electron chi connectivity index (χ4n) is 3.80. The number of sulfonamides is 1. The SMILES string of the molecule is CC(=O)c1ccc(S(=O)(=O)NC2CCC(C(=O)NC(C)c3ccc(F)cc3)CC2)cc1. The molecule has 2 aromatic rings. The van der Waals surface area contributed by atoms with Gasteiger partial charge in [-0.25, -0.2) is 17.5 Å². The average Bonchev–Trinajstić information content (AvgIpc) is 2.74. The second-order valence-electron chi connectivity index (χ2n) is 8.03. The molecule has 0 radical (unpaired) electrons. The molecule has 2 N–H and O–H groups in total. The smallest absolute Gasteiger partial charge is 0.240 e. The molecule has 1 atom stereocenters. The highest BCUT2D eigenvalue weighted by molar-refractivity contribution is 7.89. The Morgan fingerprint density at radius 2 is 1.55 bits per heavy atom. The van der Waals surface area contributed by atoms with Gasteiger partial charge in [-0.2, -0.15) is 0 Å². The third kappa shape index (κ3) is 5.98. The molecule has 1 saturated carbocycles. The minimum atomic E-state index is -3.69. The van der Waals surface area contributed by atoms with Crippen molar-refractivity contribution in [2.45, 2.75) is 56.5 Å². The lowest BCUT2D eigenvalue weighted by Crippen LogP contribution is -2.41. The summed E-state index contributed by atoms with van der Waals surface area (Å²) in [6.07, 6.45) is 2.29. The van der Waals surface area contributed by atoms with Gasteiger partial charge in [0.1, 0.15) is 5.82 Å². The van der Waals surface area contributed by atoms with E-state index in [4.69, 9.17) is 0 Å². The summed E-state index contributed by atoms with van der Waals surface area (Å²) in [5.74, 6) is -0.698. The molecule has 31 heavy (non-hydrogen) atoms. The van der Waals surface area contributed by atoms with Crippen molar-refractivity contribution in [2.75, 3.05) is 0 Å². The molecule has 8 heteroatoms. The number of ketones is 1. The lowest BCUT2D eigenvalue weighted by molar-refractivity contribution is -0.126. The molecule has 3 rings (SSSR count). The van der Waals surface area contributed by atoms with Crippen LogP contribution in [0.15, 0.2) is 53.4 Å². The molecule has 0 saturated heterocycles. The first kappa shape index (κ1) is 23.1. The van der Waals surface area contributed by atoms with E-state index in [2.05, 4.69) is 10.0 Å². The zero-order valence-corrected chi connectivity index (χ0v) is 18.4. The molecule has 166 valence electrons. The van der Waals surface area contributed by atoms with Crippen LogP contribution in [0.3, 0.4) is 0 Å². The Kier molecular flexibility index (Phi) is 7.23. The van der Waals surface area contributed by atoms with Crippen molar-refractivity contribution in [3.05, 3.63) is 65.5 Å². The molecule has 1 amide bonds. The number of hydrogen-bond acceptors (Lipinski definition) is 4. The van der Waals surface area contributed by atoms with Crippen LogP contribution in [0.25, 0.3) is 0 Å². The Labute approximate surface area is 182 Å². The average molecular weight is 447 g/mol. The normalized spacial score (nSPS) is 20.1. The van der Waals surface area contributed by atoms with E-state index >= 15 is 0 Å². The van der Waals surface area contributed by atoms with E-state index < -0.39 is 10.0 Å². The number of halogens is 1. The standard InChI is InChI=1S/C23H27FN2O4S/c1-15(17-3-9-20(24)10-4-17)25-23(28)19-5-11-21(12-6-19)26-31(29,30)22-13-7-18(8-14-22)16(2)27/h3-4,7-10,13-15,19,21,26H,5-6,11-12H2,1-2H3,(H,25,28). The Bertz CT molecular complexity index is 1030. The van der Waals surface area contributed by atoms with Crippen LogP contribution in [0.2, 0.25) is 0 Å². The van der Waals surface area contributed by atoms with Crippen molar-refractivity contribution in [2.24, 2.45) is 5.92 Å². The first-order chi connectivity index (χ1) is 14.7. The summed E-state index contributed by atoms with van der Waals surface area (Å²) in [6, 6.07) is 11.4. The third-order valence-electron chi connectivity index (χ3n) is 5.72. The highest BCUT2D eigenvalue weighted by Gasteiger charge is 2.29. The van der Waals surface area contributed by atoms with Gasteiger partial charge in [-0.3, -0.25) is 9.59 Å². The maximum absolute atomic E-state index is 13.1. The van der Waals surface area contributed by atoms with Gasteiger partial charge in [-0.05, 0) is 69.4 Å². The molecular formula is C23H27FN2O4S. The van der Waals surface area contributed by atoms with E-state index in [0.29, 0.717) is 31.2 Å². The molecule has 2 aromatic carbocycles. The van der Waals surface area contributed by atoms with Gasteiger partial charge in [-0.1, -0.05) is 24.3 Å². The summed E-state index contributed by atoms with van der Waals surface area (Å²) in [5, 5.41) is 2.96. The molecule has 0 heterocycles. The fraction of sp³-hybridized carbons (Fsp3) is 0.391. The van der Waals surface area contributed by atoms with Gasteiger partial charge in [0.25, 0.3) is 0 Å². The van der Waals surface area contributed by atoms with E-state index in [-0.39, 0.29) is 40.4 Å². The topological polar surface area (TPSA) is 92.3 Å². The molecule has 1 fully saturated rings. The number of amides is 1. The zero-order valence-electron chi connectivity index (χ0n) is 17.6. The molecule has 1 unspecified atom stereocenters. The van der Waals surface area contributed by atoms with Crippen molar-refractivity contribution in [1.29, 1.82) is 0 Å². The minimum absolute atomic E-state index is 0.0713. The van der Waals surface area contributed by atoms with E-state index in [1.165, 1.54) is 43.3 Å². The van der Waals surface area contributed by atoms with Gasteiger partial charge < -0.3 is 5.32 Å². The van der Waals surface area contributed by atoms with Crippen LogP contribution in [0.5, 0.6) is 0 Å². The van der Waals surface area contributed by atoms with Crippen molar-refractivity contribution in [1.82, 2.24) is 10.0 Å². The van der Waals surface area contributed by atoms with Gasteiger partial charge >= 0.3 is 0 Å². The summed E-state index contributed by atoms with van der Waals surface area (Å²) in [4.78, 5) is 24.1. The zero-order chi connectivity index (χ0) is 22.6. The van der Waals surface area contributed by atoms with Crippen LogP contribution >= 0.6 is 0 Å². The first-order valence-corrected chi connectivity index (χ1v) is 11.8. The van der Waals surface area contributed by atoms with Gasteiger partial charge in [0.05, 0.1) is 10.9 Å². The van der Waals surface area contributed by atoms with Crippen LogP contribution in [0.1, 0.15) is 61.5 Å². The van der Waals surface area contributed by atoms with Crippen molar-refractivity contribution < 1.29 is 22.4 Å². The molecular weight excluding hydrogens is 419 g/mol. The molecule has 0 aromatic heterocycles. The third-order valence-corrected chi connectivity index (χ3v) is 7.26. The molecule has 0 aliphatic heterocycles. The lowest BCUT2D eigenvalue weighted by atomic mass is 9.85. The summed E-state index contributed by atoms with van der Waals surface area (Å²) >= 11 is 0. The molecule has 0 spiro atoms. The summed E-state index contributed by atoms with van der Waals surface area (Å²) in [6.45, 7) is 3.28. The number of hydrogen-bond donors (Lipinski definition) is 2. The quantitative estimate of drug-likeness (QED) is 0.634. The van der Waals surface area contributed by atoms with Gasteiger partial charge in [0.15, 0.2) is 5.78 Å². The molecule has 1 aliphatic carbocycles. The van der Waals surface area contributed by atoms with Gasteiger partial charge in [0, 0.05) is 17.5 Å². The number of benzene rings is 2. The van der Waals surface area contributed by atoms with Crippen molar-refractivity contribution >= 4 is 21.7 Å². The lowest BCUT2D eigenvalue weighted by Gasteiger charge is -2.29. The van der Waals surface area contributed by atoms with Gasteiger partial charge in [0.2, 0.25) is 15.9 Å². The Hall–Kier alpha value is -2.58. The number of carbonyl (C=O) groups is 2. The van der Waals surface area contributed by atoms with Crippen LogP contribution in [-0.4, -0.2) is 26.2 Å². The fourth-order valence-corrected chi connectivity index (χ4v) is 5.10. The second kappa shape index (κ2) is 9.70. The van der Waals surface area contributed by atoms with Crippen molar-refractivity contribution in [3.63, 3.8) is 0 Å². The highest BCUT2D eigenvalue weighted by Crippen LogP contribution is 2.27. The molecule has 0 bridgehead atoms. The second-order valence-corrected chi connectivity index (χ2v) is 9.75. The maximum atomic E-state index is 13.1. The molecule has 1 aliphatic rings. The van der Waals surface area contributed by atoms with Crippen molar-refractivity contribution in [3.8, 4) is 0 Å². The largest absolute Gasteiger partial charge is 0.349 e. The first-order valence-electron chi connectivity index (χ1n) is 10.3. The minimum Gasteiger partial charge on any atom is -0.349 e. The summed E-state index contributed by atoms with van der Waals surface area (Å²) in [7, 11) is -3.69.